The summed E-state index contributed by atoms with van der Waals surface area (Å²) in [5, 5.41) is 3.81. The summed E-state index contributed by atoms with van der Waals surface area (Å²) in [6.07, 6.45) is 4.00. The summed E-state index contributed by atoms with van der Waals surface area (Å²) in [6, 6.07) is 17.0. The second-order valence-electron chi connectivity index (χ2n) is 6.35. The van der Waals surface area contributed by atoms with Crippen LogP contribution >= 0.6 is 0 Å². The molecule has 0 spiro atoms. The van der Waals surface area contributed by atoms with Gasteiger partial charge in [-0.05, 0) is 36.8 Å². The van der Waals surface area contributed by atoms with E-state index in [1.54, 1.807) is 0 Å². The predicted molar refractivity (Wildman–Crippen MR) is 84.8 cm³/mol. The molecule has 0 unspecified atom stereocenters. The van der Waals surface area contributed by atoms with Crippen molar-refractivity contribution in [3.63, 3.8) is 0 Å². The smallest absolute Gasteiger partial charge is 0.132 e. The molecule has 0 saturated heterocycles. The molecule has 0 amide bonds. The Balaban J connectivity index is 1.68. The van der Waals surface area contributed by atoms with Gasteiger partial charge in [0.05, 0.1) is 6.04 Å². The Morgan fingerprint density at radius 1 is 1.00 bits per heavy atom. The lowest BCUT2D eigenvalue weighted by Crippen LogP contribution is -2.30. The highest BCUT2D eigenvalue weighted by atomic mass is 16.5. The third-order valence-electron chi connectivity index (χ3n) is 5.07. The molecule has 1 aliphatic carbocycles. The Hall–Kier alpha value is -1.80. The molecule has 108 valence electrons. The van der Waals surface area contributed by atoms with Crippen LogP contribution in [0.5, 0.6) is 11.5 Å². The molecule has 0 aromatic heterocycles. The molecule has 1 saturated carbocycles. The van der Waals surface area contributed by atoms with Gasteiger partial charge in [-0.2, -0.15) is 0 Å². The fourth-order valence-electron chi connectivity index (χ4n) is 3.28. The number of rotatable bonds is 4. The van der Waals surface area contributed by atoms with Crippen molar-refractivity contribution < 1.29 is 4.74 Å². The van der Waals surface area contributed by atoms with Crippen LogP contribution in [0.15, 0.2) is 48.5 Å². The first-order valence-corrected chi connectivity index (χ1v) is 7.90. The van der Waals surface area contributed by atoms with Gasteiger partial charge in [-0.15, -0.1) is 0 Å². The number of hydrogen-bond donors (Lipinski definition) is 1. The van der Waals surface area contributed by atoms with Crippen molar-refractivity contribution in [3.8, 4) is 11.5 Å². The summed E-state index contributed by atoms with van der Waals surface area (Å²) in [5.41, 5.74) is 3.05. The Morgan fingerprint density at radius 3 is 2.10 bits per heavy atom. The van der Waals surface area contributed by atoms with Crippen molar-refractivity contribution >= 4 is 0 Å². The molecule has 0 radical (unpaired) electrons. The lowest BCUT2D eigenvalue weighted by Gasteiger charge is -2.30. The molecule has 1 aliphatic heterocycles. The monoisotopic (exact) mass is 279 g/mol. The summed E-state index contributed by atoms with van der Waals surface area (Å²) < 4.78 is 6.04. The Labute approximate surface area is 126 Å². The van der Waals surface area contributed by atoms with Crippen LogP contribution in [-0.4, -0.2) is 6.54 Å². The summed E-state index contributed by atoms with van der Waals surface area (Å²) in [5.74, 6) is 1.96. The molecule has 1 N–H and O–H groups in total. The second-order valence-corrected chi connectivity index (χ2v) is 6.35. The van der Waals surface area contributed by atoms with Crippen LogP contribution < -0.4 is 10.1 Å². The normalized spacial score (nSPS) is 18.5. The third kappa shape index (κ3) is 2.24. The minimum absolute atomic E-state index is 0.246. The maximum absolute atomic E-state index is 6.04. The van der Waals surface area contributed by atoms with Gasteiger partial charge in [0.1, 0.15) is 11.5 Å². The van der Waals surface area contributed by atoms with E-state index in [4.69, 9.17) is 4.74 Å². The molecule has 2 aromatic rings. The van der Waals surface area contributed by atoms with Gasteiger partial charge in [-0.25, -0.2) is 0 Å². The van der Waals surface area contributed by atoms with E-state index in [9.17, 15) is 0 Å². The standard InChI is InChI=1S/C19H21NO/c1-2-19(11-12-19)13-20-18-14-7-3-5-9-16(14)21-17-10-6-4-8-15(17)18/h3-10,18,20H,2,11-13H2,1H3. The summed E-state index contributed by atoms with van der Waals surface area (Å²) in [7, 11) is 0. The van der Waals surface area contributed by atoms with Crippen LogP contribution in [0.4, 0.5) is 0 Å². The third-order valence-corrected chi connectivity index (χ3v) is 5.07. The van der Waals surface area contributed by atoms with E-state index in [-0.39, 0.29) is 6.04 Å². The number of ether oxygens (including phenoxy) is 1. The number of para-hydroxylation sites is 2. The van der Waals surface area contributed by atoms with Crippen molar-refractivity contribution in [1.29, 1.82) is 0 Å². The van der Waals surface area contributed by atoms with E-state index < -0.39 is 0 Å². The number of fused-ring (bicyclic) bond motifs is 2. The lowest BCUT2D eigenvalue weighted by atomic mass is 9.93. The second kappa shape index (κ2) is 4.88. The molecule has 2 aromatic carbocycles. The van der Waals surface area contributed by atoms with Crippen molar-refractivity contribution in [1.82, 2.24) is 5.32 Å². The highest BCUT2D eigenvalue weighted by molar-refractivity contribution is 5.52. The van der Waals surface area contributed by atoms with Crippen LogP contribution in [0.2, 0.25) is 0 Å². The molecule has 2 heteroatoms. The Morgan fingerprint density at radius 2 is 1.57 bits per heavy atom. The molecular weight excluding hydrogens is 258 g/mol. The Kier molecular flexibility index (Phi) is 3.00. The van der Waals surface area contributed by atoms with E-state index in [0.717, 1.165) is 18.0 Å². The summed E-state index contributed by atoms with van der Waals surface area (Å²) in [4.78, 5) is 0. The molecule has 1 fully saturated rings. The maximum Gasteiger partial charge on any atom is 0.132 e. The van der Waals surface area contributed by atoms with Crippen LogP contribution in [0, 0.1) is 5.41 Å². The zero-order valence-corrected chi connectivity index (χ0v) is 12.4. The van der Waals surface area contributed by atoms with Gasteiger partial charge in [0.25, 0.3) is 0 Å². The number of hydrogen-bond acceptors (Lipinski definition) is 2. The summed E-state index contributed by atoms with van der Waals surface area (Å²) >= 11 is 0. The van der Waals surface area contributed by atoms with E-state index >= 15 is 0 Å². The van der Waals surface area contributed by atoms with E-state index in [1.807, 2.05) is 12.1 Å². The van der Waals surface area contributed by atoms with Crippen LogP contribution in [0.1, 0.15) is 43.4 Å². The van der Waals surface area contributed by atoms with E-state index in [0.29, 0.717) is 5.41 Å². The Bertz CT molecular complexity index is 615. The first kappa shape index (κ1) is 12.9. The average molecular weight is 279 g/mol. The van der Waals surface area contributed by atoms with Crippen molar-refractivity contribution in [2.45, 2.75) is 32.2 Å². The van der Waals surface area contributed by atoms with Gasteiger partial charge < -0.3 is 10.1 Å². The molecule has 1 heterocycles. The minimum atomic E-state index is 0.246. The average Bonchev–Trinajstić information content (AvgIpc) is 3.32. The van der Waals surface area contributed by atoms with Crippen molar-refractivity contribution in [3.05, 3.63) is 59.7 Å². The van der Waals surface area contributed by atoms with E-state index in [1.165, 1.54) is 30.4 Å². The van der Waals surface area contributed by atoms with Gasteiger partial charge >= 0.3 is 0 Å². The lowest BCUT2D eigenvalue weighted by molar-refractivity contribution is 0.390. The van der Waals surface area contributed by atoms with Gasteiger partial charge in [0.15, 0.2) is 0 Å². The summed E-state index contributed by atoms with van der Waals surface area (Å²) in [6.45, 7) is 3.40. The van der Waals surface area contributed by atoms with E-state index in [2.05, 4.69) is 48.6 Å². The molecule has 21 heavy (non-hydrogen) atoms. The zero-order valence-electron chi connectivity index (χ0n) is 12.4. The maximum atomic E-state index is 6.04. The molecule has 2 aliphatic rings. The molecular formula is C19H21NO. The van der Waals surface area contributed by atoms with Gasteiger partial charge in [-0.3, -0.25) is 0 Å². The van der Waals surface area contributed by atoms with Crippen molar-refractivity contribution in [2.24, 2.45) is 5.41 Å². The first-order chi connectivity index (χ1) is 10.3. The first-order valence-electron chi connectivity index (χ1n) is 7.90. The van der Waals surface area contributed by atoms with Crippen LogP contribution in [-0.2, 0) is 0 Å². The fraction of sp³-hybridized carbons (Fsp3) is 0.368. The van der Waals surface area contributed by atoms with Crippen molar-refractivity contribution in [2.75, 3.05) is 6.54 Å². The van der Waals surface area contributed by atoms with Crippen LogP contribution in [0.3, 0.4) is 0 Å². The highest BCUT2D eigenvalue weighted by Gasteiger charge is 2.41. The minimum Gasteiger partial charge on any atom is -0.457 e. The molecule has 0 atom stereocenters. The van der Waals surface area contributed by atoms with Gasteiger partial charge in [0.2, 0.25) is 0 Å². The quantitative estimate of drug-likeness (QED) is 0.878. The molecule has 2 nitrogen and oxygen atoms in total. The van der Waals surface area contributed by atoms with Gasteiger partial charge in [-0.1, -0.05) is 43.3 Å². The van der Waals surface area contributed by atoms with Gasteiger partial charge in [0, 0.05) is 17.7 Å². The molecule has 4 rings (SSSR count). The highest BCUT2D eigenvalue weighted by Crippen LogP contribution is 2.49. The largest absolute Gasteiger partial charge is 0.457 e. The predicted octanol–water partition coefficient (Wildman–Crippen LogP) is 4.66. The molecule has 0 bridgehead atoms. The fourth-order valence-corrected chi connectivity index (χ4v) is 3.28. The zero-order chi connectivity index (χ0) is 14.3. The SMILES string of the molecule is CCC1(CNC2c3ccccc3Oc3ccccc32)CC1. The number of benzene rings is 2. The topological polar surface area (TPSA) is 21.3 Å². The number of nitrogens with one attached hydrogen (secondary N) is 1. The van der Waals surface area contributed by atoms with Crippen LogP contribution in [0.25, 0.3) is 0 Å².